The zero-order valence-corrected chi connectivity index (χ0v) is 15.1. The van der Waals surface area contributed by atoms with Crippen molar-refractivity contribution in [3.05, 3.63) is 29.8 Å². The molecule has 6 heteroatoms. The topological polar surface area (TPSA) is 73.6 Å². The quantitative estimate of drug-likeness (QED) is 0.749. The summed E-state index contributed by atoms with van der Waals surface area (Å²) in [7, 11) is 1.56. The Hall–Kier alpha value is -1.14. The average molecular weight is 357 g/mol. The number of nitrogens with two attached hydrogens (primary N) is 1. The molecule has 0 spiro atoms. The number of ether oxygens (including phenoxy) is 2. The van der Waals surface area contributed by atoms with Gasteiger partial charge in [0, 0.05) is 19.3 Å². The fourth-order valence-electron chi connectivity index (χ4n) is 2.87. The van der Waals surface area contributed by atoms with E-state index >= 15 is 0 Å². The van der Waals surface area contributed by atoms with E-state index in [2.05, 4.69) is 5.32 Å². The zero-order valence-electron chi connectivity index (χ0n) is 14.3. The first kappa shape index (κ1) is 20.9. The van der Waals surface area contributed by atoms with Crippen molar-refractivity contribution in [2.75, 3.05) is 19.0 Å². The predicted octanol–water partition coefficient (Wildman–Crippen LogP) is 3.26. The summed E-state index contributed by atoms with van der Waals surface area (Å²) in [6.07, 6.45) is 6.58. The number of benzene rings is 1. The molecule has 1 aromatic carbocycles. The molecule has 1 atom stereocenters. The Balaban J connectivity index is 0.00000288. The molecule has 0 aliphatic heterocycles. The maximum absolute atomic E-state index is 12.0. The summed E-state index contributed by atoms with van der Waals surface area (Å²) >= 11 is 0. The molecule has 0 bridgehead atoms. The maximum Gasteiger partial charge on any atom is 0.227 e. The van der Waals surface area contributed by atoms with Crippen molar-refractivity contribution in [2.45, 2.75) is 57.3 Å². The molecule has 1 unspecified atom stereocenters. The van der Waals surface area contributed by atoms with E-state index in [4.69, 9.17) is 15.2 Å². The van der Waals surface area contributed by atoms with Crippen molar-refractivity contribution >= 4 is 24.0 Å². The third-order valence-electron chi connectivity index (χ3n) is 4.26. The lowest BCUT2D eigenvalue weighted by atomic mass is 9.98. The summed E-state index contributed by atoms with van der Waals surface area (Å²) < 4.78 is 11.1. The van der Waals surface area contributed by atoms with Crippen molar-refractivity contribution in [2.24, 2.45) is 5.73 Å². The SMILES string of the molecule is COC(CN)CC(=O)Nc1cccc(COC2CCCCC2)c1.Cl. The minimum atomic E-state index is -0.243. The highest BCUT2D eigenvalue weighted by molar-refractivity contribution is 5.91. The first-order valence-electron chi connectivity index (χ1n) is 8.44. The second-order valence-corrected chi connectivity index (χ2v) is 6.12. The highest BCUT2D eigenvalue weighted by atomic mass is 35.5. The number of nitrogens with one attached hydrogen (secondary N) is 1. The van der Waals surface area contributed by atoms with Crippen LogP contribution in [0.5, 0.6) is 0 Å². The van der Waals surface area contributed by atoms with Crippen LogP contribution >= 0.6 is 12.4 Å². The first-order chi connectivity index (χ1) is 11.2. The number of hydrogen-bond acceptors (Lipinski definition) is 4. The summed E-state index contributed by atoms with van der Waals surface area (Å²) in [6, 6.07) is 7.81. The molecule has 0 saturated heterocycles. The number of carbonyl (C=O) groups excluding carboxylic acids is 1. The van der Waals surface area contributed by atoms with Gasteiger partial charge in [0.1, 0.15) is 0 Å². The molecule has 0 aromatic heterocycles. The lowest BCUT2D eigenvalue weighted by Crippen LogP contribution is -2.28. The van der Waals surface area contributed by atoms with Gasteiger partial charge in [-0.25, -0.2) is 0 Å². The van der Waals surface area contributed by atoms with Crippen LogP contribution in [0.4, 0.5) is 5.69 Å². The molecule has 1 aliphatic rings. The predicted molar refractivity (Wildman–Crippen MR) is 98.5 cm³/mol. The Morgan fingerprint density at radius 1 is 1.33 bits per heavy atom. The van der Waals surface area contributed by atoms with Crippen LogP contribution in [0.15, 0.2) is 24.3 Å². The molecule has 5 nitrogen and oxygen atoms in total. The first-order valence-corrected chi connectivity index (χ1v) is 8.44. The molecule has 3 N–H and O–H groups in total. The molecule has 1 saturated carbocycles. The number of anilines is 1. The van der Waals surface area contributed by atoms with Gasteiger partial charge in [-0.1, -0.05) is 31.4 Å². The molecule has 0 heterocycles. The minimum absolute atomic E-state index is 0. The van der Waals surface area contributed by atoms with Crippen molar-refractivity contribution < 1.29 is 14.3 Å². The van der Waals surface area contributed by atoms with Gasteiger partial charge in [0.05, 0.1) is 25.2 Å². The fourth-order valence-corrected chi connectivity index (χ4v) is 2.87. The van der Waals surface area contributed by atoms with E-state index in [0.717, 1.165) is 24.1 Å². The van der Waals surface area contributed by atoms with Crippen molar-refractivity contribution in [3.63, 3.8) is 0 Å². The highest BCUT2D eigenvalue weighted by Crippen LogP contribution is 2.22. The van der Waals surface area contributed by atoms with E-state index < -0.39 is 0 Å². The molecule has 1 amide bonds. The minimum Gasteiger partial charge on any atom is -0.380 e. The molecule has 1 fully saturated rings. The van der Waals surface area contributed by atoms with E-state index in [1.807, 2.05) is 24.3 Å². The summed E-state index contributed by atoms with van der Waals surface area (Å²) in [5.74, 6) is -0.0901. The van der Waals surface area contributed by atoms with Crippen LogP contribution in [0, 0.1) is 0 Å². The van der Waals surface area contributed by atoms with Gasteiger partial charge in [0.2, 0.25) is 5.91 Å². The molecular weight excluding hydrogens is 328 g/mol. The Kier molecular flexibility index (Phi) is 9.95. The lowest BCUT2D eigenvalue weighted by Gasteiger charge is -2.22. The molecule has 24 heavy (non-hydrogen) atoms. The van der Waals surface area contributed by atoms with Gasteiger partial charge in [-0.15, -0.1) is 12.4 Å². The van der Waals surface area contributed by atoms with Gasteiger partial charge < -0.3 is 20.5 Å². The summed E-state index contributed by atoms with van der Waals surface area (Å²) in [4.78, 5) is 12.0. The van der Waals surface area contributed by atoms with Crippen LogP contribution in [-0.2, 0) is 20.9 Å². The van der Waals surface area contributed by atoms with Gasteiger partial charge >= 0.3 is 0 Å². The number of carbonyl (C=O) groups is 1. The molecule has 0 radical (unpaired) electrons. The van der Waals surface area contributed by atoms with Gasteiger partial charge in [-0.05, 0) is 30.5 Å². The Morgan fingerprint density at radius 2 is 2.08 bits per heavy atom. The smallest absolute Gasteiger partial charge is 0.227 e. The number of methoxy groups -OCH3 is 1. The van der Waals surface area contributed by atoms with E-state index in [1.165, 1.54) is 19.3 Å². The largest absolute Gasteiger partial charge is 0.380 e. The fraction of sp³-hybridized carbons (Fsp3) is 0.611. The van der Waals surface area contributed by atoms with Gasteiger partial charge in [0.15, 0.2) is 0 Å². The van der Waals surface area contributed by atoms with E-state index in [-0.39, 0.29) is 30.8 Å². The zero-order chi connectivity index (χ0) is 16.5. The van der Waals surface area contributed by atoms with E-state index in [0.29, 0.717) is 19.3 Å². The highest BCUT2D eigenvalue weighted by Gasteiger charge is 2.14. The van der Waals surface area contributed by atoms with Gasteiger partial charge in [-0.2, -0.15) is 0 Å². The molecule has 1 aromatic rings. The van der Waals surface area contributed by atoms with Crippen LogP contribution in [-0.4, -0.2) is 31.8 Å². The summed E-state index contributed by atoms with van der Waals surface area (Å²) in [5, 5.41) is 2.89. The third-order valence-corrected chi connectivity index (χ3v) is 4.26. The van der Waals surface area contributed by atoms with Crippen molar-refractivity contribution in [1.29, 1.82) is 0 Å². The number of rotatable bonds is 8. The van der Waals surface area contributed by atoms with E-state index in [9.17, 15) is 4.79 Å². The standard InChI is InChI=1S/C18H28N2O3.ClH/c1-22-17(12-19)11-18(21)20-15-7-5-6-14(10-15)13-23-16-8-3-2-4-9-16;/h5-7,10,16-17H,2-4,8-9,11-13,19H2,1H3,(H,20,21);1H. The van der Waals surface area contributed by atoms with Gasteiger partial charge in [-0.3, -0.25) is 4.79 Å². The van der Waals surface area contributed by atoms with Crippen LogP contribution in [0.1, 0.15) is 44.1 Å². The molecular formula is C18H29ClN2O3. The number of hydrogen-bond donors (Lipinski definition) is 2. The third kappa shape index (κ3) is 7.18. The Bertz CT molecular complexity index is 489. The molecule has 1 aliphatic carbocycles. The van der Waals surface area contributed by atoms with Crippen molar-refractivity contribution in [3.8, 4) is 0 Å². The molecule has 136 valence electrons. The molecule has 2 rings (SSSR count). The lowest BCUT2D eigenvalue weighted by molar-refractivity contribution is -0.118. The van der Waals surface area contributed by atoms with Crippen LogP contribution < -0.4 is 11.1 Å². The summed E-state index contributed by atoms with van der Waals surface area (Å²) in [6.45, 7) is 0.928. The second-order valence-electron chi connectivity index (χ2n) is 6.12. The van der Waals surface area contributed by atoms with Crippen LogP contribution in [0.2, 0.25) is 0 Å². The number of halogens is 1. The average Bonchev–Trinajstić information content (AvgIpc) is 2.59. The second kappa shape index (κ2) is 11.4. The normalized spacial score (nSPS) is 16.2. The van der Waals surface area contributed by atoms with Gasteiger partial charge in [0.25, 0.3) is 0 Å². The van der Waals surface area contributed by atoms with E-state index in [1.54, 1.807) is 7.11 Å². The Morgan fingerprint density at radius 3 is 2.75 bits per heavy atom. The van der Waals surface area contributed by atoms with Crippen LogP contribution in [0.3, 0.4) is 0 Å². The summed E-state index contributed by atoms with van der Waals surface area (Å²) in [5.41, 5.74) is 7.40. The Labute approximate surface area is 150 Å². The monoisotopic (exact) mass is 356 g/mol. The van der Waals surface area contributed by atoms with Crippen LogP contribution in [0.25, 0.3) is 0 Å². The van der Waals surface area contributed by atoms with Crippen molar-refractivity contribution in [1.82, 2.24) is 0 Å². The number of amides is 1. The maximum atomic E-state index is 12.0.